The monoisotopic (exact) mass is 601 g/mol. The Kier molecular flexibility index (Phi) is 9.37. The summed E-state index contributed by atoms with van der Waals surface area (Å²) in [7, 11) is 3.91. The van der Waals surface area contributed by atoms with Gasteiger partial charge in [0.15, 0.2) is 0 Å². The molecule has 2 atom stereocenters. The Morgan fingerprint density at radius 1 is 1.07 bits per heavy atom. The standard InChI is InChI=1S/C32H36ClN7O3/c1-21-7-5-9-28(22(21)2)40(29(41)20-39-36-31(35-37-39)24-10-14-25(33)15-11-24)30(23-12-16-26(17-13-23)38(3)4)32(42)34-19-27-8-6-18-43-27/h5,7,9-17,27,30H,6,8,18-20H2,1-4H3,(H,34,42)/t27-,30-/m1/s1. The molecule has 0 aliphatic carbocycles. The van der Waals surface area contributed by atoms with Crippen LogP contribution in [0.5, 0.6) is 0 Å². The maximum absolute atomic E-state index is 14.3. The second-order valence-corrected chi connectivity index (χ2v) is 11.3. The minimum atomic E-state index is -0.954. The summed E-state index contributed by atoms with van der Waals surface area (Å²) in [5.74, 6) is -0.286. The van der Waals surface area contributed by atoms with Crippen molar-refractivity contribution in [1.82, 2.24) is 25.5 Å². The number of nitrogens with one attached hydrogen (secondary N) is 1. The van der Waals surface area contributed by atoms with E-state index in [4.69, 9.17) is 16.3 Å². The van der Waals surface area contributed by atoms with E-state index in [1.807, 2.05) is 75.3 Å². The summed E-state index contributed by atoms with van der Waals surface area (Å²) in [4.78, 5) is 33.2. The van der Waals surface area contributed by atoms with E-state index in [1.165, 1.54) is 4.80 Å². The van der Waals surface area contributed by atoms with Crippen LogP contribution < -0.4 is 15.1 Å². The Morgan fingerprint density at radius 2 is 1.81 bits per heavy atom. The molecule has 4 aromatic rings. The fourth-order valence-corrected chi connectivity index (χ4v) is 5.25. The molecule has 0 radical (unpaired) electrons. The van der Waals surface area contributed by atoms with E-state index in [1.54, 1.807) is 29.2 Å². The van der Waals surface area contributed by atoms with Crippen LogP contribution in [0.2, 0.25) is 5.02 Å². The van der Waals surface area contributed by atoms with Gasteiger partial charge in [-0.3, -0.25) is 14.5 Å². The average molecular weight is 602 g/mol. The number of nitrogens with zero attached hydrogens (tertiary/aromatic N) is 6. The van der Waals surface area contributed by atoms with Crippen LogP contribution in [0.4, 0.5) is 11.4 Å². The van der Waals surface area contributed by atoms with E-state index >= 15 is 0 Å². The normalized spacial score (nSPS) is 15.2. The van der Waals surface area contributed by atoms with Gasteiger partial charge in [-0.05, 0) is 91.1 Å². The zero-order valence-corrected chi connectivity index (χ0v) is 25.6. The van der Waals surface area contributed by atoms with Gasteiger partial charge in [-0.2, -0.15) is 4.80 Å². The molecule has 2 amide bonds. The number of aryl methyl sites for hydroxylation is 1. The molecule has 1 aliphatic rings. The van der Waals surface area contributed by atoms with Gasteiger partial charge in [-0.15, -0.1) is 10.2 Å². The number of carbonyl (C=O) groups excluding carboxylic acids is 2. The molecule has 224 valence electrons. The summed E-state index contributed by atoms with van der Waals surface area (Å²) in [5.41, 5.74) is 4.91. The first-order valence-electron chi connectivity index (χ1n) is 14.3. The van der Waals surface area contributed by atoms with Gasteiger partial charge in [-0.1, -0.05) is 35.9 Å². The van der Waals surface area contributed by atoms with Gasteiger partial charge in [0.25, 0.3) is 5.91 Å². The van der Waals surface area contributed by atoms with Crippen molar-refractivity contribution in [2.45, 2.75) is 45.4 Å². The van der Waals surface area contributed by atoms with Crippen LogP contribution in [0, 0.1) is 13.8 Å². The molecular formula is C32H36ClN7O3. The number of rotatable bonds is 10. The summed E-state index contributed by atoms with van der Waals surface area (Å²) in [6.45, 7) is 4.77. The minimum absolute atomic E-state index is 0.0452. The first kappa shape index (κ1) is 30.2. The summed E-state index contributed by atoms with van der Waals surface area (Å²) in [6.07, 6.45) is 1.80. The highest BCUT2D eigenvalue weighted by atomic mass is 35.5. The number of tetrazole rings is 1. The third-order valence-corrected chi connectivity index (χ3v) is 7.95. The molecule has 11 heteroatoms. The van der Waals surface area contributed by atoms with Crippen LogP contribution in [0.3, 0.4) is 0 Å². The predicted octanol–water partition coefficient (Wildman–Crippen LogP) is 4.75. The number of carbonyl (C=O) groups is 2. The quantitative estimate of drug-likeness (QED) is 0.280. The molecule has 1 N–H and O–H groups in total. The third-order valence-electron chi connectivity index (χ3n) is 7.70. The van der Waals surface area contributed by atoms with Crippen molar-refractivity contribution < 1.29 is 14.3 Å². The second kappa shape index (κ2) is 13.4. The van der Waals surface area contributed by atoms with Crippen molar-refractivity contribution >= 4 is 34.8 Å². The van der Waals surface area contributed by atoms with E-state index in [0.29, 0.717) is 35.2 Å². The van der Waals surface area contributed by atoms with Gasteiger partial charge < -0.3 is 15.0 Å². The summed E-state index contributed by atoms with van der Waals surface area (Å²) >= 11 is 6.03. The number of benzene rings is 3. The smallest absolute Gasteiger partial charge is 0.251 e. The minimum Gasteiger partial charge on any atom is -0.378 e. The van der Waals surface area contributed by atoms with Crippen LogP contribution in [0.25, 0.3) is 11.4 Å². The molecule has 1 aromatic heterocycles. The molecule has 2 heterocycles. The maximum Gasteiger partial charge on any atom is 0.251 e. The van der Waals surface area contributed by atoms with Crippen molar-refractivity contribution in [2.75, 3.05) is 37.0 Å². The molecule has 43 heavy (non-hydrogen) atoms. The van der Waals surface area contributed by atoms with Crippen LogP contribution in [-0.2, 0) is 20.9 Å². The fraction of sp³-hybridized carbons (Fsp3) is 0.344. The molecule has 0 spiro atoms. The van der Waals surface area contributed by atoms with Gasteiger partial charge in [0.2, 0.25) is 11.7 Å². The van der Waals surface area contributed by atoms with E-state index in [9.17, 15) is 9.59 Å². The van der Waals surface area contributed by atoms with Crippen LogP contribution in [-0.4, -0.2) is 65.4 Å². The van der Waals surface area contributed by atoms with Gasteiger partial charge >= 0.3 is 0 Å². The highest BCUT2D eigenvalue weighted by Crippen LogP contribution is 2.33. The van der Waals surface area contributed by atoms with Crippen LogP contribution in [0.1, 0.15) is 35.6 Å². The molecular weight excluding hydrogens is 566 g/mol. The first-order chi connectivity index (χ1) is 20.7. The number of anilines is 2. The maximum atomic E-state index is 14.3. The molecule has 1 fully saturated rings. The number of hydrogen-bond donors (Lipinski definition) is 1. The Hall–Kier alpha value is -4.28. The Bertz CT molecular complexity index is 1560. The van der Waals surface area contributed by atoms with Crippen LogP contribution in [0.15, 0.2) is 66.7 Å². The van der Waals surface area contributed by atoms with E-state index in [-0.39, 0.29) is 24.5 Å². The summed E-state index contributed by atoms with van der Waals surface area (Å²) in [6, 6.07) is 19.5. The lowest BCUT2D eigenvalue weighted by atomic mass is 9.99. The SMILES string of the molecule is Cc1cccc(N(C(=O)Cn2nnc(-c3ccc(Cl)cc3)n2)[C@@H](C(=O)NC[C@H]2CCCO2)c2ccc(N(C)C)cc2)c1C. The van der Waals surface area contributed by atoms with E-state index in [0.717, 1.165) is 35.2 Å². The van der Waals surface area contributed by atoms with Gasteiger partial charge in [0.05, 0.1) is 6.10 Å². The predicted molar refractivity (Wildman–Crippen MR) is 167 cm³/mol. The zero-order chi connectivity index (χ0) is 30.5. The lowest BCUT2D eigenvalue weighted by Crippen LogP contribution is -2.47. The number of ether oxygens (including phenoxy) is 1. The number of halogens is 1. The third kappa shape index (κ3) is 7.03. The molecule has 0 saturated carbocycles. The van der Waals surface area contributed by atoms with Crippen molar-refractivity contribution in [1.29, 1.82) is 0 Å². The lowest BCUT2D eigenvalue weighted by molar-refractivity contribution is -0.127. The van der Waals surface area contributed by atoms with Crippen molar-refractivity contribution in [3.05, 3.63) is 88.4 Å². The Balaban J connectivity index is 1.52. The van der Waals surface area contributed by atoms with Gasteiger partial charge in [-0.25, -0.2) is 0 Å². The average Bonchev–Trinajstić information content (AvgIpc) is 3.69. The number of hydrogen-bond acceptors (Lipinski definition) is 7. The van der Waals surface area contributed by atoms with E-state index in [2.05, 4.69) is 20.7 Å². The topological polar surface area (TPSA) is 105 Å². The molecule has 0 bridgehead atoms. The Labute approximate surface area is 256 Å². The van der Waals surface area contributed by atoms with Gasteiger partial charge in [0, 0.05) is 49.2 Å². The zero-order valence-electron chi connectivity index (χ0n) is 24.8. The van der Waals surface area contributed by atoms with E-state index < -0.39 is 6.04 Å². The summed E-state index contributed by atoms with van der Waals surface area (Å²) < 4.78 is 5.75. The number of amides is 2. The molecule has 0 unspecified atom stereocenters. The van der Waals surface area contributed by atoms with Crippen molar-refractivity contribution in [3.8, 4) is 11.4 Å². The molecule has 5 rings (SSSR count). The molecule has 1 aliphatic heterocycles. The molecule has 1 saturated heterocycles. The Morgan fingerprint density at radius 3 is 2.49 bits per heavy atom. The lowest BCUT2D eigenvalue weighted by Gasteiger charge is -2.33. The first-order valence-corrected chi connectivity index (χ1v) is 14.7. The van der Waals surface area contributed by atoms with Crippen molar-refractivity contribution in [2.24, 2.45) is 0 Å². The highest BCUT2D eigenvalue weighted by Gasteiger charge is 2.35. The van der Waals surface area contributed by atoms with Crippen LogP contribution >= 0.6 is 11.6 Å². The highest BCUT2D eigenvalue weighted by molar-refractivity contribution is 6.30. The largest absolute Gasteiger partial charge is 0.378 e. The second-order valence-electron chi connectivity index (χ2n) is 10.9. The molecule has 3 aromatic carbocycles. The molecule has 10 nitrogen and oxygen atoms in total. The fourth-order valence-electron chi connectivity index (χ4n) is 5.12. The van der Waals surface area contributed by atoms with Gasteiger partial charge in [0.1, 0.15) is 12.6 Å². The van der Waals surface area contributed by atoms with Crippen molar-refractivity contribution in [3.63, 3.8) is 0 Å². The summed E-state index contributed by atoms with van der Waals surface area (Å²) in [5, 5.41) is 16.4. The number of aromatic nitrogens is 4.